The number of ether oxygens (including phenoxy) is 3. The van der Waals surface area contributed by atoms with Crippen LogP contribution in [0.25, 0.3) is 0 Å². The third-order valence-corrected chi connectivity index (χ3v) is 5.38. The van der Waals surface area contributed by atoms with Crippen LogP contribution >= 0.6 is 0 Å². The molecule has 2 aliphatic carbocycles. The fourth-order valence-electron chi connectivity index (χ4n) is 4.69. The molecule has 108 valence electrons. The van der Waals surface area contributed by atoms with E-state index < -0.39 is 11.0 Å². The number of carbonyl (C=O) groups is 1. The lowest BCUT2D eigenvalue weighted by molar-refractivity contribution is -0.170. The van der Waals surface area contributed by atoms with E-state index in [9.17, 15) is 9.90 Å². The first-order chi connectivity index (χ1) is 8.93. The highest BCUT2D eigenvalue weighted by Crippen LogP contribution is 2.63. The van der Waals surface area contributed by atoms with Crippen molar-refractivity contribution in [1.29, 1.82) is 0 Å². The fourth-order valence-corrected chi connectivity index (χ4v) is 4.69. The van der Waals surface area contributed by atoms with Crippen molar-refractivity contribution in [2.24, 2.45) is 17.3 Å². The van der Waals surface area contributed by atoms with Crippen molar-refractivity contribution in [2.75, 3.05) is 13.9 Å². The van der Waals surface area contributed by atoms with Gasteiger partial charge in [-0.05, 0) is 33.1 Å². The van der Waals surface area contributed by atoms with Crippen LogP contribution in [0.5, 0.6) is 0 Å². The Bertz CT molecular complexity index is 393. The highest BCUT2D eigenvalue weighted by molar-refractivity contribution is 5.82. The average Bonchev–Trinajstić information content (AvgIpc) is 2.64. The van der Waals surface area contributed by atoms with E-state index in [-0.39, 0.29) is 36.8 Å². The first-order valence-electron chi connectivity index (χ1n) is 6.97. The smallest absolute Gasteiger partial charge is 0.315 e. The summed E-state index contributed by atoms with van der Waals surface area (Å²) in [6.07, 6.45) is 1.84. The fraction of sp³-hybridized carbons (Fsp3) is 0.929. The van der Waals surface area contributed by atoms with Crippen LogP contribution < -0.4 is 0 Å². The zero-order chi connectivity index (χ0) is 13.8. The molecule has 5 heteroatoms. The van der Waals surface area contributed by atoms with Crippen LogP contribution in [0.2, 0.25) is 0 Å². The summed E-state index contributed by atoms with van der Waals surface area (Å²) in [4.78, 5) is 12.4. The number of fused-ring (bicyclic) bond motifs is 1. The topological polar surface area (TPSA) is 65.0 Å². The van der Waals surface area contributed by atoms with Gasteiger partial charge < -0.3 is 19.3 Å². The summed E-state index contributed by atoms with van der Waals surface area (Å²) in [5, 5.41) is 10.7. The molecule has 0 aromatic carbocycles. The van der Waals surface area contributed by atoms with E-state index >= 15 is 0 Å². The number of hydrogen-bond donors (Lipinski definition) is 1. The van der Waals surface area contributed by atoms with Crippen LogP contribution in [0.3, 0.4) is 0 Å². The second-order valence-corrected chi connectivity index (χ2v) is 6.47. The minimum atomic E-state index is -0.865. The Morgan fingerprint density at radius 2 is 2.11 bits per heavy atom. The number of cyclic esters (lactones) is 1. The quantitative estimate of drug-likeness (QED) is 0.614. The van der Waals surface area contributed by atoms with Crippen LogP contribution in [0.1, 0.15) is 33.1 Å². The number of hydrogen-bond acceptors (Lipinski definition) is 5. The third kappa shape index (κ3) is 1.61. The van der Waals surface area contributed by atoms with Crippen molar-refractivity contribution in [3.8, 4) is 0 Å². The minimum absolute atomic E-state index is 0.0169. The Morgan fingerprint density at radius 3 is 2.79 bits per heavy atom. The van der Waals surface area contributed by atoms with Gasteiger partial charge in [0.05, 0.1) is 11.7 Å². The van der Waals surface area contributed by atoms with Crippen LogP contribution in [0.15, 0.2) is 0 Å². The second-order valence-electron chi connectivity index (χ2n) is 6.47. The predicted molar refractivity (Wildman–Crippen MR) is 66.2 cm³/mol. The van der Waals surface area contributed by atoms with E-state index in [0.29, 0.717) is 6.42 Å². The summed E-state index contributed by atoms with van der Waals surface area (Å²) in [5.41, 5.74) is -1.54. The summed E-state index contributed by atoms with van der Waals surface area (Å²) in [6.45, 7) is 3.90. The molecule has 3 rings (SSSR count). The van der Waals surface area contributed by atoms with Gasteiger partial charge in [-0.2, -0.15) is 0 Å². The molecule has 5 nitrogen and oxygen atoms in total. The lowest BCUT2D eigenvalue weighted by atomic mass is 9.65. The first kappa shape index (κ1) is 13.3. The van der Waals surface area contributed by atoms with Crippen molar-refractivity contribution in [3.63, 3.8) is 0 Å². The molecule has 1 saturated heterocycles. The molecular formula is C14H22O5. The van der Waals surface area contributed by atoms with Crippen LogP contribution in [0.4, 0.5) is 0 Å². The predicted octanol–water partition coefficient (Wildman–Crippen LogP) is 1.09. The van der Waals surface area contributed by atoms with Gasteiger partial charge >= 0.3 is 5.97 Å². The van der Waals surface area contributed by atoms with E-state index in [2.05, 4.69) is 0 Å². The van der Waals surface area contributed by atoms with Gasteiger partial charge in [-0.1, -0.05) is 0 Å². The molecule has 1 aliphatic heterocycles. The molecule has 2 saturated carbocycles. The Balaban J connectivity index is 2.00. The molecule has 3 aliphatic rings. The highest BCUT2D eigenvalue weighted by Gasteiger charge is 2.72. The number of aliphatic hydroxyl groups is 1. The van der Waals surface area contributed by atoms with Crippen molar-refractivity contribution in [1.82, 2.24) is 0 Å². The molecule has 1 heterocycles. The molecule has 0 amide bonds. The summed E-state index contributed by atoms with van der Waals surface area (Å²) in [6, 6.07) is 0. The maximum Gasteiger partial charge on any atom is 0.315 e. The van der Waals surface area contributed by atoms with Crippen molar-refractivity contribution >= 4 is 5.97 Å². The van der Waals surface area contributed by atoms with E-state index in [1.54, 1.807) is 7.11 Å². The third-order valence-electron chi connectivity index (χ3n) is 5.38. The molecule has 0 aromatic rings. The molecule has 2 bridgehead atoms. The number of esters is 1. The largest absolute Gasteiger partial charge is 0.462 e. The molecule has 1 N–H and O–H groups in total. The van der Waals surface area contributed by atoms with Crippen LogP contribution in [0, 0.1) is 17.3 Å². The number of rotatable bonds is 3. The zero-order valence-electron chi connectivity index (χ0n) is 11.7. The Labute approximate surface area is 113 Å². The lowest BCUT2D eigenvalue weighted by Gasteiger charge is -2.39. The van der Waals surface area contributed by atoms with E-state index in [1.165, 1.54) is 0 Å². The molecule has 0 aromatic heterocycles. The highest BCUT2D eigenvalue weighted by atomic mass is 16.7. The summed E-state index contributed by atoms with van der Waals surface area (Å²) >= 11 is 0. The van der Waals surface area contributed by atoms with Gasteiger partial charge in [0.2, 0.25) is 0 Å². The molecular weight excluding hydrogens is 248 g/mol. The average molecular weight is 270 g/mol. The van der Waals surface area contributed by atoms with Gasteiger partial charge in [-0.25, -0.2) is 0 Å². The van der Waals surface area contributed by atoms with Gasteiger partial charge in [0.25, 0.3) is 0 Å². The summed E-state index contributed by atoms with van der Waals surface area (Å²) in [5.74, 6) is -0.0718. The molecule has 1 spiro atoms. The minimum Gasteiger partial charge on any atom is -0.462 e. The molecule has 6 atom stereocenters. The lowest BCUT2D eigenvalue weighted by Crippen LogP contribution is -2.48. The zero-order valence-corrected chi connectivity index (χ0v) is 11.7. The Kier molecular flexibility index (Phi) is 2.93. The monoisotopic (exact) mass is 270 g/mol. The molecule has 3 fully saturated rings. The second kappa shape index (κ2) is 4.17. The van der Waals surface area contributed by atoms with Gasteiger partial charge in [0.15, 0.2) is 0 Å². The van der Waals surface area contributed by atoms with E-state index in [0.717, 1.165) is 12.8 Å². The Hall–Kier alpha value is -0.650. The van der Waals surface area contributed by atoms with E-state index in [4.69, 9.17) is 14.2 Å². The number of carbonyl (C=O) groups excluding carboxylic acids is 1. The van der Waals surface area contributed by atoms with Gasteiger partial charge in [0, 0.05) is 18.9 Å². The van der Waals surface area contributed by atoms with Gasteiger partial charge in [0.1, 0.15) is 18.3 Å². The first-order valence-corrected chi connectivity index (χ1v) is 6.97. The van der Waals surface area contributed by atoms with Crippen LogP contribution in [-0.2, 0) is 19.0 Å². The van der Waals surface area contributed by atoms with Crippen molar-refractivity contribution < 1.29 is 24.1 Å². The van der Waals surface area contributed by atoms with Crippen molar-refractivity contribution in [3.05, 3.63) is 0 Å². The van der Waals surface area contributed by atoms with Crippen molar-refractivity contribution in [2.45, 2.75) is 50.9 Å². The summed E-state index contributed by atoms with van der Waals surface area (Å²) in [7, 11) is 1.56. The molecule has 0 unspecified atom stereocenters. The maximum absolute atomic E-state index is 12.4. The van der Waals surface area contributed by atoms with E-state index in [1.807, 2.05) is 13.8 Å². The maximum atomic E-state index is 12.4. The standard InChI is InChI=1S/C14H22O5/c1-8-9-4-5-10-11(18-7-17-3)14(9,12(15)19-8)6-13(10,2)16/h8-11,16H,4-7H2,1-3H3/t8-,9+,10-,11-,13+,14-/m1/s1. The number of methoxy groups -OCH3 is 1. The normalized spacial score (nSPS) is 52.1. The Morgan fingerprint density at radius 1 is 1.42 bits per heavy atom. The molecule has 0 radical (unpaired) electrons. The van der Waals surface area contributed by atoms with Gasteiger partial charge in [-0.15, -0.1) is 0 Å². The molecule has 19 heavy (non-hydrogen) atoms. The summed E-state index contributed by atoms with van der Waals surface area (Å²) < 4.78 is 16.2. The van der Waals surface area contributed by atoms with Gasteiger partial charge in [-0.3, -0.25) is 4.79 Å². The SMILES string of the molecule is COCO[C@@H]1[C@H]2CC[C@H]3[C@@H](C)OC(=O)[C@@]13C[C@]2(C)O. The van der Waals surface area contributed by atoms with Crippen LogP contribution in [-0.4, -0.2) is 42.8 Å².